The highest BCUT2D eigenvalue weighted by atomic mass is 35.5. The van der Waals surface area contributed by atoms with Gasteiger partial charge in [-0.1, -0.05) is 0 Å². The molecular weight excluding hydrogens is 226 g/mol. The first-order valence-corrected chi connectivity index (χ1v) is 5.45. The van der Waals surface area contributed by atoms with E-state index in [4.69, 9.17) is 0 Å². The smallest absolute Gasteiger partial charge is 0.168 e. The molecule has 0 saturated carbocycles. The minimum absolute atomic E-state index is 0. The standard InChI is InChI=1S/C11H17N3O.ClH/c15-10-4-2-6-13-11(10)14-8-9-3-1-5-12-7-9;/h2,4,6,9,12,15H,1,3,5,7-8H2,(H,13,14);1H. The van der Waals surface area contributed by atoms with Gasteiger partial charge in [0.25, 0.3) is 0 Å². The highest BCUT2D eigenvalue weighted by Crippen LogP contribution is 2.19. The number of hydrogen-bond donors (Lipinski definition) is 3. The van der Waals surface area contributed by atoms with Crippen molar-refractivity contribution in [3.8, 4) is 5.75 Å². The molecule has 1 atom stereocenters. The maximum atomic E-state index is 9.50. The van der Waals surface area contributed by atoms with Crippen molar-refractivity contribution in [2.45, 2.75) is 12.8 Å². The van der Waals surface area contributed by atoms with E-state index in [2.05, 4.69) is 15.6 Å². The number of nitrogens with one attached hydrogen (secondary N) is 2. The molecular formula is C11H18ClN3O. The van der Waals surface area contributed by atoms with Crippen LogP contribution in [0.25, 0.3) is 0 Å². The highest BCUT2D eigenvalue weighted by Gasteiger charge is 2.13. The lowest BCUT2D eigenvalue weighted by Gasteiger charge is -2.23. The molecule has 1 aliphatic heterocycles. The van der Waals surface area contributed by atoms with Gasteiger partial charge in [-0.05, 0) is 44.0 Å². The number of aromatic nitrogens is 1. The maximum absolute atomic E-state index is 9.50. The number of anilines is 1. The predicted octanol–water partition coefficient (Wildman–Crippen LogP) is 1.62. The van der Waals surface area contributed by atoms with Crippen LogP contribution in [0.15, 0.2) is 18.3 Å². The van der Waals surface area contributed by atoms with Gasteiger partial charge in [-0.25, -0.2) is 4.98 Å². The van der Waals surface area contributed by atoms with Crippen molar-refractivity contribution in [1.29, 1.82) is 0 Å². The van der Waals surface area contributed by atoms with Crippen LogP contribution < -0.4 is 10.6 Å². The molecule has 0 radical (unpaired) electrons. The monoisotopic (exact) mass is 243 g/mol. The Labute approximate surface area is 102 Å². The van der Waals surface area contributed by atoms with Crippen molar-refractivity contribution in [2.75, 3.05) is 25.0 Å². The average molecular weight is 244 g/mol. The number of hydrogen-bond acceptors (Lipinski definition) is 4. The lowest BCUT2D eigenvalue weighted by atomic mass is 10.00. The SMILES string of the molecule is Cl.Oc1cccnc1NCC1CCCNC1. The van der Waals surface area contributed by atoms with Gasteiger partial charge in [0, 0.05) is 12.7 Å². The second-order valence-corrected chi connectivity index (χ2v) is 3.96. The molecule has 2 heterocycles. The molecule has 1 aromatic rings. The molecule has 3 N–H and O–H groups in total. The van der Waals surface area contributed by atoms with E-state index in [1.54, 1.807) is 18.3 Å². The second kappa shape index (κ2) is 6.55. The Morgan fingerprint density at radius 2 is 2.44 bits per heavy atom. The van der Waals surface area contributed by atoms with Crippen molar-refractivity contribution in [1.82, 2.24) is 10.3 Å². The van der Waals surface area contributed by atoms with Crippen LogP contribution in [0.2, 0.25) is 0 Å². The van der Waals surface area contributed by atoms with Crippen molar-refractivity contribution in [3.63, 3.8) is 0 Å². The van der Waals surface area contributed by atoms with Crippen molar-refractivity contribution in [2.24, 2.45) is 5.92 Å². The Hall–Kier alpha value is -1.00. The number of aromatic hydroxyl groups is 1. The number of halogens is 1. The zero-order valence-corrected chi connectivity index (χ0v) is 9.96. The first-order valence-electron chi connectivity index (χ1n) is 5.45. The van der Waals surface area contributed by atoms with Gasteiger partial charge in [-0.2, -0.15) is 0 Å². The van der Waals surface area contributed by atoms with Crippen molar-refractivity contribution < 1.29 is 5.11 Å². The summed E-state index contributed by atoms with van der Waals surface area (Å²) < 4.78 is 0. The van der Waals surface area contributed by atoms with Crippen LogP contribution in [-0.2, 0) is 0 Å². The Balaban J connectivity index is 0.00000128. The minimum Gasteiger partial charge on any atom is -0.504 e. The lowest BCUT2D eigenvalue weighted by molar-refractivity contribution is 0.391. The van der Waals surface area contributed by atoms with Crippen LogP contribution in [0.5, 0.6) is 5.75 Å². The lowest BCUT2D eigenvalue weighted by Crippen LogP contribution is -2.33. The summed E-state index contributed by atoms with van der Waals surface area (Å²) in [4.78, 5) is 4.08. The summed E-state index contributed by atoms with van der Waals surface area (Å²) in [5.74, 6) is 1.45. The summed E-state index contributed by atoms with van der Waals surface area (Å²) in [6.45, 7) is 3.06. The molecule has 1 aliphatic rings. The van der Waals surface area contributed by atoms with Gasteiger partial charge in [0.05, 0.1) is 0 Å². The summed E-state index contributed by atoms with van der Waals surface area (Å²) in [6, 6.07) is 3.37. The average Bonchev–Trinajstić information content (AvgIpc) is 2.29. The minimum atomic E-state index is 0. The van der Waals surface area contributed by atoms with Gasteiger partial charge in [0.2, 0.25) is 0 Å². The Morgan fingerprint density at radius 1 is 1.56 bits per heavy atom. The Kier molecular flexibility index (Phi) is 5.35. The Bertz CT molecular complexity index is 316. The quantitative estimate of drug-likeness (QED) is 0.755. The van der Waals surface area contributed by atoms with Crippen molar-refractivity contribution >= 4 is 18.2 Å². The van der Waals surface area contributed by atoms with Gasteiger partial charge in [-0.3, -0.25) is 0 Å². The molecule has 2 rings (SSSR count). The number of piperidine rings is 1. The fourth-order valence-electron chi connectivity index (χ4n) is 1.87. The molecule has 1 fully saturated rings. The second-order valence-electron chi connectivity index (χ2n) is 3.96. The molecule has 0 aliphatic carbocycles. The molecule has 16 heavy (non-hydrogen) atoms. The van der Waals surface area contributed by atoms with E-state index >= 15 is 0 Å². The van der Waals surface area contributed by atoms with E-state index in [1.807, 2.05) is 0 Å². The zero-order chi connectivity index (χ0) is 10.5. The fourth-order valence-corrected chi connectivity index (χ4v) is 1.87. The van der Waals surface area contributed by atoms with Gasteiger partial charge in [0.15, 0.2) is 11.6 Å². The van der Waals surface area contributed by atoms with Crippen molar-refractivity contribution in [3.05, 3.63) is 18.3 Å². The molecule has 1 saturated heterocycles. The summed E-state index contributed by atoms with van der Waals surface area (Å²) in [5, 5.41) is 16.0. The van der Waals surface area contributed by atoms with E-state index in [0.717, 1.165) is 19.6 Å². The zero-order valence-electron chi connectivity index (χ0n) is 9.15. The molecule has 4 nitrogen and oxygen atoms in total. The first kappa shape index (κ1) is 13.1. The first-order chi connectivity index (χ1) is 7.36. The van der Waals surface area contributed by atoms with Gasteiger partial charge in [0.1, 0.15) is 0 Å². The molecule has 0 amide bonds. The molecule has 0 spiro atoms. The molecule has 0 bridgehead atoms. The molecule has 0 aromatic carbocycles. The van der Waals surface area contributed by atoms with Crippen LogP contribution in [0.4, 0.5) is 5.82 Å². The summed E-state index contributed by atoms with van der Waals surface area (Å²) >= 11 is 0. The molecule has 90 valence electrons. The van der Waals surface area contributed by atoms with E-state index in [0.29, 0.717) is 11.7 Å². The largest absolute Gasteiger partial charge is 0.504 e. The van der Waals surface area contributed by atoms with Crippen LogP contribution in [0.1, 0.15) is 12.8 Å². The summed E-state index contributed by atoms with van der Waals surface area (Å²) in [6.07, 6.45) is 4.16. The van der Waals surface area contributed by atoms with E-state index < -0.39 is 0 Å². The molecule has 1 unspecified atom stereocenters. The number of nitrogens with zero attached hydrogens (tertiary/aromatic N) is 1. The third kappa shape index (κ3) is 3.54. The fraction of sp³-hybridized carbons (Fsp3) is 0.545. The third-order valence-electron chi connectivity index (χ3n) is 2.74. The highest BCUT2D eigenvalue weighted by molar-refractivity contribution is 5.85. The van der Waals surface area contributed by atoms with Gasteiger partial charge in [-0.15, -0.1) is 12.4 Å². The van der Waals surface area contributed by atoms with Crippen LogP contribution in [0.3, 0.4) is 0 Å². The van der Waals surface area contributed by atoms with Crippen LogP contribution in [-0.4, -0.2) is 29.7 Å². The third-order valence-corrected chi connectivity index (χ3v) is 2.74. The van der Waals surface area contributed by atoms with Gasteiger partial charge < -0.3 is 15.7 Å². The van der Waals surface area contributed by atoms with E-state index in [-0.39, 0.29) is 18.2 Å². The number of pyridine rings is 1. The molecule has 1 aromatic heterocycles. The van der Waals surface area contributed by atoms with E-state index in [9.17, 15) is 5.11 Å². The normalized spacial score (nSPS) is 19.9. The van der Waals surface area contributed by atoms with Gasteiger partial charge >= 0.3 is 0 Å². The van der Waals surface area contributed by atoms with Crippen LogP contribution in [0, 0.1) is 5.92 Å². The maximum Gasteiger partial charge on any atom is 0.168 e. The van der Waals surface area contributed by atoms with E-state index in [1.165, 1.54) is 12.8 Å². The summed E-state index contributed by atoms with van der Waals surface area (Å²) in [7, 11) is 0. The molecule has 5 heteroatoms. The topological polar surface area (TPSA) is 57.2 Å². The summed E-state index contributed by atoms with van der Waals surface area (Å²) in [5.41, 5.74) is 0. The van der Waals surface area contributed by atoms with Crippen LogP contribution >= 0.6 is 12.4 Å². The Morgan fingerprint density at radius 3 is 3.12 bits per heavy atom. The predicted molar refractivity (Wildman–Crippen MR) is 67.2 cm³/mol. The number of rotatable bonds is 3.